The first-order valence-corrected chi connectivity index (χ1v) is 6.62. The van der Waals surface area contributed by atoms with Crippen molar-refractivity contribution in [1.29, 1.82) is 0 Å². The monoisotopic (exact) mass is 276 g/mol. The molecule has 0 spiro atoms. The molecule has 100 valence electrons. The summed E-state index contributed by atoms with van der Waals surface area (Å²) in [7, 11) is 0. The number of benzene rings is 1. The fourth-order valence-electron chi connectivity index (χ4n) is 1.84. The number of imidazole rings is 1. The first-order chi connectivity index (χ1) is 9.22. The lowest BCUT2D eigenvalue weighted by molar-refractivity contribution is 0.0512. The highest BCUT2D eigenvalue weighted by Gasteiger charge is 2.15. The molecule has 0 saturated heterocycles. The second-order valence-electron chi connectivity index (χ2n) is 4.05. The Hall–Kier alpha value is -1.75. The number of aryl methyl sites for hydroxylation is 1. The van der Waals surface area contributed by atoms with Gasteiger partial charge in [-0.2, -0.15) is 0 Å². The van der Waals surface area contributed by atoms with Crippen LogP contribution in [0.25, 0.3) is 0 Å². The minimum absolute atomic E-state index is 0.352. The van der Waals surface area contributed by atoms with Crippen molar-refractivity contribution >= 4 is 18.6 Å². The summed E-state index contributed by atoms with van der Waals surface area (Å²) >= 11 is 4.27. The minimum atomic E-state index is -0.358. The summed E-state index contributed by atoms with van der Waals surface area (Å²) in [4.78, 5) is 15.8. The van der Waals surface area contributed by atoms with E-state index in [0.29, 0.717) is 24.0 Å². The standard InChI is InChI=1S/C14H16N2O2S/c1-2-18-13(17)12-10-15-14(19)16(12)9-8-11-6-4-3-5-7-11/h3-7,10H,2,8-9H2,1H3,(H,15,19). The van der Waals surface area contributed by atoms with Gasteiger partial charge in [0, 0.05) is 6.54 Å². The first-order valence-electron chi connectivity index (χ1n) is 6.18. The largest absolute Gasteiger partial charge is 0.461 e. The Morgan fingerprint density at radius 1 is 1.37 bits per heavy atom. The van der Waals surface area contributed by atoms with E-state index in [9.17, 15) is 4.79 Å². The van der Waals surface area contributed by atoms with Crippen LogP contribution in [0.15, 0.2) is 41.7 Å². The van der Waals surface area contributed by atoms with Gasteiger partial charge in [-0.05, 0) is 18.9 Å². The highest BCUT2D eigenvalue weighted by molar-refractivity contribution is 7.80. The van der Waals surface area contributed by atoms with Gasteiger partial charge in [-0.1, -0.05) is 30.3 Å². The number of nitrogens with zero attached hydrogens (tertiary/aromatic N) is 2. The molecule has 0 saturated carbocycles. The second kappa shape index (κ2) is 6.43. The smallest absolute Gasteiger partial charge is 0.356 e. The fraction of sp³-hybridized carbons (Fsp3) is 0.286. The topological polar surface area (TPSA) is 44.1 Å². The van der Waals surface area contributed by atoms with E-state index in [1.165, 1.54) is 11.8 Å². The lowest BCUT2D eigenvalue weighted by Gasteiger charge is -2.09. The third-order valence-corrected chi connectivity index (χ3v) is 3.14. The Bertz CT molecular complexity index is 552. The highest BCUT2D eigenvalue weighted by atomic mass is 32.1. The van der Waals surface area contributed by atoms with Crippen molar-refractivity contribution in [3.05, 3.63) is 47.8 Å². The molecular weight excluding hydrogens is 260 g/mol. The first kappa shape index (κ1) is 13.7. The van der Waals surface area contributed by atoms with Gasteiger partial charge in [0.1, 0.15) is 5.69 Å². The number of hydrogen-bond donors (Lipinski definition) is 1. The van der Waals surface area contributed by atoms with Crippen molar-refractivity contribution in [3.8, 4) is 0 Å². The Morgan fingerprint density at radius 3 is 2.79 bits per heavy atom. The number of thiol groups is 1. The molecule has 0 unspecified atom stereocenters. The molecule has 0 amide bonds. The van der Waals surface area contributed by atoms with E-state index in [0.717, 1.165) is 6.42 Å². The molecule has 1 heterocycles. The molecule has 2 rings (SSSR count). The quantitative estimate of drug-likeness (QED) is 0.674. The van der Waals surface area contributed by atoms with Crippen LogP contribution in [0.1, 0.15) is 23.0 Å². The third-order valence-electron chi connectivity index (χ3n) is 2.79. The van der Waals surface area contributed by atoms with Crippen LogP contribution in [0.5, 0.6) is 0 Å². The van der Waals surface area contributed by atoms with Gasteiger partial charge >= 0.3 is 5.97 Å². The van der Waals surface area contributed by atoms with Crippen molar-refractivity contribution in [3.63, 3.8) is 0 Å². The van der Waals surface area contributed by atoms with Gasteiger partial charge in [0.25, 0.3) is 0 Å². The Morgan fingerprint density at radius 2 is 2.11 bits per heavy atom. The van der Waals surface area contributed by atoms with Gasteiger partial charge in [0.05, 0.1) is 12.8 Å². The van der Waals surface area contributed by atoms with Gasteiger partial charge in [-0.25, -0.2) is 9.78 Å². The SMILES string of the molecule is CCOC(=O)c1cnc(S)n1CCc1ccccc1. The van der Waals surface area contributed by atoms with Crippen molar-refractivity contribution in [2.45, 2.75) is 25.0 Å². The molecule has 2 aromatic rings. The molecule has 19 heavy (non-hydrogen) atoms. The average molecular weight is 276 g/mol. The lowest BCUT2D eigenvalue weighted by atomic mass is 10.1. The molecule has 0 radical (unpaired) electrons. The zero-order valence-electron chi connectivity index (χ0n) is 10.7. The maximum Gasteiger partial charge on any atom is 0.356 e. The van der Waals surface area contributed by atoms with E-state index in [-0.39, 0.29) is 5.97 Å². The van der Waals surface area contributed by atoms with E-state index >= 15 is 0 Å². The summed E-state index contributed by atoms with van der Waals surface area (Å²) in [6.45, 7) is 2.78. The number of carbonyl (C=O) groups excluding carboxylic acids is 1. The zero-order chi connectivity index (χ0) is 13.7. The Balaban J connectivity index is 2.11. The molecule has 1 aromatic heterocycles. The van der Waals surface area contributed by atoms with E-state index in [4.69, 9.17) is 4.74 Å². The van der Waals surface area contributed by atoms with Crippen molar-refractivity contribution in [2.75, 3.05) is 6.61 Å². The molecule has 0 aliphatic carbocycles. The van der Waals surface area contributed by atoms with E-state index < -0.39 is 0 Å². The number of carbonyl (C=O) groups is 1. The molecule has 4 nitrogen and oxygen atoms in total. The van der Waals surface area contributed by atoms with Crippen LogP contribution in [-0.4, -0.2) is 22.1 Å². The van der Waals surface area contributed by atoms with Gasteiger partial charge in [-0.3, -0.25) is 0 Å². The third kappa shape index (κ3) is 3.38. The predicted molar refractivity (Wildman–Crippen MR) is 75.6 cm³/mol. The van der Waals surface area contributed by atoms with Crippen LogP contribution in [0.3, 0.4) is 0 Å². The molecule has 5 heteroatoms. The summed E-state index contributed by atoms with van der Waals surface area (Å²) in [5, 5.41) is 0.527. The van der Waals surface area contributed by atoms with Crippen molar-refractivity contribution < 1.29 is 9.53 Å². The summed E-state index contributed by atoms with van der Waals surface area (Å²) < 4.78 is 6.77. The van der Waals surface area contributed by atoms with E-state index in [2.05, 4.69) is 29.7 Å². The molecule has 1 aromatic carbocycles. The summed E-state index contributed by atoms with van der Waals surface area (Å²) in [6, 6.07) is 10.1. The minimum Gasteiger partial charge on any atom is -0.461 e. The zero-order valence-corrected chi connectivity index (χ0v) is 11.6. The summed E-state index contributed by atoms with van der Waals surface area (Å²) in [6.07, 6.45) is 2.32. The van der Waals surface area contributed by atoms with Crippen LogP contribution >= 0.6 is 12.6 Å². The van der Waals surface area contributed by atoms with E-state index in [1.807, 2.05) is 18.2 Å². The van der Waals surface area contributed by atoms with Crippen LogP contribution < -0.4 is 0 Å². The molecule has 0 aliphatic rings. The van der Waals surface area contributed by atoms with Crippen LogP contribution in [0.4, 0.5) is 0 Å². The van der Waals surface area contributed by atoms with Crippen molar-refractivity contribution in [1.82, 2.24) is 9.55 Å². The fourth-order valence-corrected chi connectivity index (χ4v) is 2.11. The van der Waals surface area contributed by atoms with Gasteiger partial charge in [-0.15, -0.1) is 12.6 Å². The highest BCUT2D eigenvalue weighted by Crippen LogP contribution is 2.12. The molecular formula is C14H16N2O2S. The Labute approximate surface area is 117 Å². The molecule has 0 aliphatic heterocycles. The number of aromatic nitrogens is 2. The van der Waals surface area contributed by atoms with E-state index in [1.54, 1.807) is 11.5 Å². The van der Waals surface area contributed by atoms with Gasteiger partial charge in [0.2, 0.25) is 0 Å². The normalized spacial score (nSPS) is 10.4. The van der Waals surface area contributed by atoms with Crippen LogP contribution in [-0.2, 0) is 17.7 Å². The van der Waals surface area contributed by atoms with Gasteiger partial charge < -0.3 is 9.30 Å². The molecule has 0 bridgehead atoms. The Kier molecular flexibility index (Phi) is 4.63. The second-order valence-corrected chi connectivity index (χ2v) is 4.45. The number of rotatable bonds is 5. The molecule has 0 atom stereocenters. The summed E-state index contributed by atoms with van der Waals surface area (Å²) in [5.74, 6) is -0.358. The predicted octanol–water partition coefficient (Wildman–Crippen LogP) is 2.59. The molecule has 0 N–H and O–H groups in total. The number of esters is 1. The lowest BCUT2D eigenvalue weighted by Crippen LogP contribution is -2.13. The van der Waals surface area contributed by atoms with Crippen molar-refractivity contribution in [2.24, 2.45) is 0 Å². The van der Waals surface area contributed by atoms with Gasteiger partial charge in [0.15, 0.2) is 5.16 Å². The van der Waals surface area contributed by atoms with Crippen LogP contribution in [0.2, 0.25) is 0 Å². The summed E-state index contributed by atoms with van der Waals surface area (Å²) in [5.41, 5.74) is 1.65. The maximum atomic E-state index is 11.8. The molecule has 0 fully saturated rings. The van der Waals surface area contributed by atoms with Crippen LogP contribution in [0, 0.1) is 0 Å². The average Bonchev–Trinajstić information content (AvgIpc) is 2.79. The number of ether oxygens (including phenoxy) is 1. The number of hydrogen-bond acceptors (Lipinski definition) is 4. The maximum absolute atomic E-state index is 11.8.